The predicted octanol–water partition coefficient (Wildman–Crippen LogP) is 10.3. The van der Waals surface area contributed by atoms with Gasteiger partial charge in [0.2, 0.25) is 5.82 Å². The molecule has 9 nitrogen and oxygen atoms in total. The zero-order chi connectivity index (χ0) is 38.8. The topological polar surface area (TPSA) is 94.9 Å². The molecule has 0 aliphatic carbocycles. The van der Waals surface area contributed by atoms with E-state index in [0.29, 0.717) is 29.4 Å². The van der Waals surface area contributed by atoms with Gasteiger partial charge < -0.3 is 13.9 Å². The fourth-order valence-corrected chi connectivity index (χ4v) is 8.26. The molecule has 0 fully saturated rings. The lowest BCUT2D eigenvalue weighted by Gasteiger charge is -2.34. The number of nitrogens with zero attached hydrogens (tertiary/aromatic N) is 7. The summed E-state index contributed by atoms with van der Waals surface area (Å²) in [5.41, 5.74) is 5.73. The second-order valence-electron chi connectivity index (χ2n) is 13.9. The highest BCUT2D eigenvalue weighted by Crippen LogP contribution is 2.43. The van der Waals surface area contributed by atoms with E-state index < -0.39 is 5.54 Å². The van der Waals surface area contributed by atoms with Crippen LogP contribution in [0, 0.1) is 0 Å². The van der Waals surface area contributed by atoms with E-state index in [1.807, 2.05) is 95.6 Å². The molecule has 0 atom stereocenters. The number of unbranched alkanes of at least 4 members (excludes halogenated alkanes) is 1. The summed E-state index contributed by atoms with van der Waals surface area (Å²) < 4.78 is 9.32. The zero-order valence-electron chi connectivity index (χ0n) is 31.2. The monoisotopic (exact) mass is 823 g/mol. The van der Waals surface area contributed by atoms with Gasteiger partial charge in [0.15, 0.2) is 10.7 Å². The minimum Gasteiger partial charge on any atom is -0.455 e. The smallest absolute Gasteiger partial charge is 0.273 e. The average molecular weight is 825 g/mol. The number of imidazole rings is 1. The maximum atomic E-state index is 13.3. The second-order valence-corrected chi connectivity index (χ2v) is 15.0. The Balaban J connectivity index is 1.21. The molecule has 5 aromatic carbocycles. The summed E-state index contributed by atoms with van der Waals surface area (Å²) in [6.07, 6.45) is 2.66. The number of fused-ring (bicyclic) bond motifs is 1. The van der Waals surface area contributed by atoms with Gasteiger partial charge in [0.25, 0.3) is 5.91 Å². The third-order valence-corrected chi connectivity index (χ3v) is 11.2. The highest BCUT2D eigenvalue weighted by atomic mass is 79.9. The SMILES string of the molecule is CCCCc1nc(Cl)c(C(=O)N(C)C)n1Cc1ccc2oc(-c3ccccc3-c3nnn(C(c4ccccc4)(c4ccccc4)c4ccccc4)n3)c(Br)c2c1. The molecule has 0 N–H and O–H groups in total. The van der Waals surface area contributed by atoms with Crippen molar-refractivity contribution in [2.45, 2.75) is 38.3 Å². The minimum atomic E-state index is -0.910. The summed E-state index contributed by atoms with van der Waals surface area (Å²) in [7, 11) is 3.44. The van der Waals surface area contributed by atoms with Crippen LogP contribution in [0.5, 0.6) is 0 Å². The summed E-state index contributed by atoms with van der Waals surface area (Å²) >= 11 is 10.5. The molecule has 0 unspecified atom stereocenters. The molecular weight excluding hydrogens is 786 g/mol. The number of tetrazole rings is 1. The number of carbonyl (C=O) groups excluding carboxylic acids is 1. The number of aryl methyl sites for hydroxylation is 1. The van der Waals surface area contributed by atoms with Crippen molar-refractivity contribution < 1.29 is 9.21 Å². The first-order chi connectivity index (χ1) is 27.3. The Morgan fingerprint density at radius 1 is 0.821 bits per heavy atom. The van der Waals surface area contributed by atoms with Crippen molar-refractivity contribution in [3.63, 3.8) is 0 Å². The molecule has 11 heteroatoms. The first-order valence-corrected chi connectivity index (χ1v) is 19.7. The second kappa shape index (κ2) is 15.7. The summed E-state index contributed by atoms with van der Waals surface area (Å²) in [5, 5.41) is 15.8. The number of furan rings is 1. The fourth-order valence-electron chi connectivity index (χ4n) is 7.37. The maximum Gasteiger partial charge on any atom is 0.273 e. The van der Waals surface area contributed by atoms with Crippen molar-refractivity contribution in [2.75, 3.05) is 14.1 Å². The van der Waals surface area contributed by atoms with Crippen LogP contribution >= 0.6 is 27.5 Å². The Bertz CT molecular complexity index is 2540. The van der Waals surface area contributed by atoms with Crippen LogP contribution in [-0.2, 0) is 18.5 Å². The number of amides is 1. The van der Waals surface area contributed by atoms with Gasteiger partial charge in [-0.15, -0.1) is 15.0 Å². The van der Waals surface area contributed by atoms with Crippen molar-refractivity contribution in [2.24, 2.45) is 0 Å². The molecule has 0 saturated carbocycles. The molecule has 0 radical (unpaired) electrons. The lowest BCUT2D eigenvalue weighted by Crippen LogP contribution is -2.39. The number of carbonyl (C=O) groups is 1. The number of benzene rings is 5. The van der Waals surface area contributed by atoms with Crippen molar-refractivity contribution in [3.8, 4) is 22.7 Å². The number of hydrogen-bond acceptors (Lipinski definition) is 6. The summed E-state index contributed by atoms with van der Waals surface area (Å²) in [6, 6.07) is 44.8. The van der Waals surface area contributed by atoms with Crippen molar-refractivity contribution in [3.05, 3.63) is 177 Å². The fraction of sp³-hybridized carbons (Fsp3) is 0.178. The lowest BCUT2D eigenvalue weighted by atomic mass is 9.77. The van der Waals surface area contributed by atoms with E-state index in [0.717, 1.165) is 68.3 Å². The van der Waals surface area contributed by atoms with Crippen molar-refractivity contribution in [1.82, 2.24) is 34.7 Å². The Kier molecular flexibility index (Phi) is 10.4. The lowest BCUT2D eigenvalue weighted by molar-refractivity contribution is 0.0817. The van der Waals surface area contributed by atoms with Crippen LogP contribution < -0.4 is 0 Å². The molecule has 3 aromatic heterocycles. The van der Waals surface area contributed by atoms with E-state index in [2.05, 4.69) is 70.3 Å². The molecule has 56 heavy (non-hydrogen) atoms. The van der Waals surface area contributed by atoms with Gasteiger partial charge in [-0.1, -0.05) is 146 Å². The number of halogens is 2. The largest absolute Gasteiger partial charge is 0.455 e. The van der Waals surface area contributed by atoms with Crippen LogP contribution in [-0.4, -0.2) is 54.7 Å². The predicted molar refractivity (Wildman–Crippen MR) is 224 cm³/mol. The molecule has 0 bridgehead atoms. The van der Waals surface area contributed by atoms with E-state index in [1.165, 1.54) is 4.90 Å². The Hall–Kier alpha value is -5.84. The number of hydrogen-bond donors (Lipinski definition) is 0. The zero-order valence-corrected chi connectivity index (χ0v) is 33.6. The highest BCUT2D eigenvalue weighted by molar-refractivity contribution is 9.10. The first kappa shape index (κ1) is 37.1. The number of rotatable bonds is 12. The first-order valence-electron chi connectivity index (χ1n) is 18.6. The quantitative estimate of drug-likeness (QED) is 0.114. The van der Waals surface area contributed by atoms with Crippen molar-refractivity contribution >= 4 is 44.4 Å². The van der Waals surface area contributed by atoms with E-state index in [4.69, 9.17) is 31.4 Å². The molecule has 0 aliphatic rings. The third kappa shape index (κ3) is 6.62. The van der Waals surface area contributed by atoms with Gasteiger partial charge in [-0.25, -0.2) is 4.98 Å². The van der Waals surface area contributed by atoms with E-state index >= 15 is 0 Å². The van der Waals surface area contributed by atoms with E-state index in [-0.39, 0.29) is 11.1 Å². The molecule has 8 aromatic rings. The van der Waals surface area contributed by atoms with E-state index in [9.17, 15) is 4.79 Å². The van der Waals surface area contributed by atoms with Crippen LogP contribution in [0.15, 0.2) is 142 Å². The Morgan fingerprint density at radius 2 is 1.41 bits per heavy atom. The maximum absolute atomic E-state index is 13.3. The van der Waals surface area contributed by atoms with Crippen LogP contribution in [0.4, 0.5) is 0 Å². The molecule has 8 rings (SSSR count). The number of aromatic nitrogens is 6. The summed E-state index contributed by atoms with van der Waals surface area (Å²) in [5.74, 6) is 1.70. The van der Waals surface area contributed by atoms with E-state index in [1.54, 1.807) is 18.9 Å². The Labute approximate surface area is 338 Å². The van der Waals surface area contributed by atoms with Gasteiger partial charge >= 0.3 is 0 Å². The van der Waals surface area contributed by atoms with Crippen LogP contribution in [0.1, 0.15) is 58.3 Å². The highest BCUT2D eigenvalue weighted by Gasteiger charge is 2.41. The van der Waals surface area contributed by atoms with Gasteiger partial charge in [0.1, 0.15) is 22.9 Å². The van der Waals surface area contributed by atoms with Gasteiger partial charge in [-0.05, 0) is 62.0 Å². The van der Waals surface area contributed by atoms with Gasteiger partial charge in [0.05, 0.1) is 4.47 Å². The summed E-state index contributed by atoms with van der Waals surface area (Å²) in [4.78, 5) is 21.1. The molecule has 1 amide bonds. The molecule has 3 heterocycles. The molecular formula is C45H39BrClN7O2. The van der Waals surface area contributed by atoms with Gasteiger partial charge in [0, 0.05) is 43.6 Å². The average Bonchev–Trinajstić information content (AvgIpc) is 3.94. The van der Waals surface area contributed by atoms with Crippen LogP contribution in [0.2, 0.25) is 5.15 Å². The normalized spacial score (nSPS) is 11.7. The van der Waals surface area contributed by atoms with Gasteiger partial charge in [-0.3, -0.25) is 4.79 Å². The molecule has 0 saturated heterocycles. The van der Waals surface area contributed by atoms with Crippen LogP contribution in [0.25, 0.3) is 33.7 Å². The summed E-state index contributed by atoms with van der Waals surface area (Å²) in [6.45, 7) is 2.55. The third-order valence-electron chi connectivity index (χ3n) is 10.1. The standard InChI is InChI=1S/C45H39BrClN7O2/c1-4-5-25-38-48-42(47)40(44(55)52(2)3)53(38)29-30-26-27-37-36(28-30)39(46)41(56-37)34-23-15-16-24-35(34)43-49-51-54(50-43)45(31-17-9-6-10-18-31,32-19-11-7-12-20-32)33-21-13-8-14-22-33/h6-24,26-28H,4-5,25,29H2,1-3H3. The van der Waals surface area contributed by atoms with Gasteiger partial charge in [-0.2, -0.15) is 0 Å². The van der Waals surface area contributed by atoms with Crippen molar-refractivity contribution in [1.29, 1.82) is 0 Å². The minimum absolute atomic E-state index is 0.186. The molecule has 0 spiro atoms. The van der Waals surface area contributed by atoms with Crippen LogP contribution in [0.3, 0.4) is 0 Å². The molecule has 0 aliphatic heterocycles. The Morgan fingerprint density at radius 3 is 2.00 bits per heavy atom. The molecule has 280 valence electrons.